The van der Waals surface area contributed by atoms with Crippen LogP contribution in [0.5, 0.6) is 0 Å². The first-order chi connectivity index (χ1) is 9.63. The topological polar surface area (TPSA) is 85.6 Å². The molecule has 0 fully saturated rings. The highest BCUT2D eigenvalue weighted by atomic mass is 32.1. The molecule has 2 aromatic rings. The molecule has 0 saturated heterocycles. The molecule has 0 bridgehead atoms. The second kappa shape index (κ2) is 6.56. The number of aryl methyl sites for hydroxylation is 1. The number of hydrogen-bond donors (Lipinski definition) is 1. The Morgan fingerprint density at radius 2 is 2.25 bits per heavy atom. The van der Waals surface area contributed by atoms with Gasteiger partial charge in [-0.2, -0.15) is 0 Å². The van der Waals surface area contributed by atoms with Gasteiger partial charge in [-0.05, 0) is 31.8 Å². The van der Waals surface area contributed by atoms with Crippen molar-refractivity contribution in [2.45, 2.75) is 39.7 Å². The Morgan fingerprint density at radius 3 is 2.95 bits per heavy atom. The SMILES string of the molecule is CCc1nnsc1C(=O)NCCc1nncn1C(C)C. The van der Waals surface area contributed by atoms with E-state index >= 15 is 0 Å². The molecule has 2 heterocycles. The molecule has 20 heavy (non-hydrogen) atoms. The highest BCUT2D eigenvalue weighted by Crippen LogP contribution is 2.11. The molecule has 1 amide bonds. The van der Waals surface area contributed by atoms with Crippen LogP contribution in [0.1, 0.15) is 48.0 Å². The van der Waals surface area contributed by atoms with Gasteiger partial charge >= 0.3 is 0 Å². The van der Waals surface area contributed by atoms with Crippen molar-refractivity contribution in [2.75, 3.05) is 6.54 Å². The molecule has 0 radical (unpaired) electrons. The normalized spacial score (nSPS) is 11.0. The average molecular weight is 294 g/mol. The second-order valence-electron chi connectivity index (χ2n) is 4.66. The predicted molar refractivity (Wildman–Crippen MR) is 75.7 cm³/mol. The zero-order valence-electron chi connectivity index (χ0n) is 11.8. The molecule has 2 rings (SSSR count). The van der Waals surface area contributed by atoms with Gasteiger partial charge in [-0.15, -0.1) is 15.3 Å². The number of carbonyl (C=O) groups excluding carboxylic acids is 1. The van der Waals surface area contributed by atoms with Crippen molar-refractivity contribution in [3.8, 4) is 0 Å². The molecule has 0 aromatic carbocycles. The summed E-state index contributed by atoms with van der Waals surface area (Å²) in [4.78, 5) is 12.6. The van der Waals surface area contributed by atoms with Gasteiger partial charge in [-0.25, -0.2) is 0 Å². The molecule has 0 aliphatic carbocycles. The molecule has 8 heteroatoms. The van der Waals surface area contributed by atoms with E-state index in [0.29, 0.717) is 30.3 Å². The Bertz CT molecular complexity index is 576. The van der Waals surface area contributed by atoms with E-state index in [4.69, 9.17) is 0 Å². The lowest BCUT2D eigenvalue weighted by Gasteiger charge is -2.10. The van der Waals surface area contributed by atoms with Crippen LogP contribution in [-0.4, -0.2) is 36.8 Å². The monoisotopic (exact) mass is 294 g/mol. The number of nitrogens with zero attached hydrogens (tertiary/aromatic N) is 5. The summed E-state index contributed by atoms with van der Waals surface area (Å²) in [6.07, 6.45) is 3.07. The Labute approximate surface area is 121 Å². The van der Waals surface area contributed by atoms with Crippen LogP contribution in [0.4, 0.5) is 0 Å². The lowest BCUT2D eigenvalue weighted by atomic mass is 10.3. The lowest BCUT2D eigenvalue weighted by molar-refractivity contribution is 0.0957. The standard InChI is InChI=1S/C12H18N6OS/c1-4-9-11(20-17-15-9)12(19)13-6-5-10-16-14-7-18(10)8(2)3/h7-8H,4-6H2,1-3H3,(H,13,19). The van der Waals surface area contributed by atoms with E-state index in [1.807, 2.05) is 11.5 Å². The summed E-state index contributed by atoms with van der Waals surface area (Å²) in [5, 5.41) is 14.8. The van der Waals surface area contributed by atoms with Gasteiger partial charge in [0.2, 0.25) is 0 Å². The second-order valence-corrected chi connectivity index (χ2v) is 5.41. The van der Waals surface area contributed by atoms with E-state index in [1.165, 1.54) is 0 Å². The largest absolute Gasteiger partial charge is 0.351 e. The van der Waals surface area contributed by atoms with Gasteiger partial charge in [0.05, 0.1) is 5.69 Å². The molecule has 0 atom stereocenters. The third-order valence-corrected chi connectivity index (χ3v) is 3.70. The third kappa shape index (κ3) is 3.19. The van der Waals surface area contributed by atoms with E-state index < -0.39 is 0 Å². The van der Waals surface area contributed by atoms with Crippen LogP contribution < -0.4 is 5.32 Å². The average Bonchev–Trinajstić information content (AvgIpc) is 3.06. The van der Waals surface area contributed by atoms with Crippen molar-refractivity contribution < 1.29 is 4.79 Å². The summed E-state index contributed by atoms with van der Waals surface area (Å²) in [6, 6.07) is 0.313. The first-order valence-electron chi connectivity index (χ1n) is 6.61. The van der Waals surface area contributed by atoms with Gasteiger partial charge in [-0.3, -0.25) is 4.79 Å². The van der Waals surface area contributed by atoms with Crippen molar-refractivity contribution in [1.29, 1.82) is 0 Å². The van der Waals surface area contributed by atoms with Gasteiger partial charge in [0.25, 0.3) is 5.91 Å². The van der Waals surface area contributed by atoms with Crippen LogP contribution >= 0.6 is 11.5 Å². The van der Waals surface area contributed by atoms with Crippen LogP contribution in [0.25, 0.3) is 0 Å². The zero-order chi connectivity index (χ0) is 14.5. The summed E-state index contributed by atoms with van der Waals surface area (Å²) in [7, 11) is 0. The lowest BCUT2D eigenvalue weighted by Crippen LogP contribution is -2.26. The van der Waals surface area contributed by atoms with E-state index in [2.05, 4.69) is 38.9 Å². The highest BCUT2D eigenvalue weighted by Gasteiger charge is 2.15. The molecule has 2 aromatic heterocycles. The zero-order valence-corrected chi connectivity index (χ0v) is 12.6. The minimum absolute atomic E-state index is 0.118. The van der Waals surface area contributed by atoms with Crippen molar-refractivity contribution in [3.05, 3.63) is 22.7 Å². The Morgan fingerprint density at radius 1 is 1.45 bits per heavy atom. The molecule has 0 aliphatic heterocycles. The van der Waals surface area contributed by atoms with Gasteiger partial charge in [0.15, 0.2) is 0 Å². The minimum atomic E-state index is -0.118. The number of rotatable bonds is 6. The van der Waals surface area contributed by atoms with Crippen LogP contribution in [-0.2, 0) is 12.8 Å². The highest BCUT2D eigenvalue weighted by molar-refractivity contribution is 7.08. The van der Waals surface area contributed by atoms with Crippen molar-refractivity contribution in [1.82, 2.24) is 29.7 Å². The molecule has 108 valence electrons. The molecular formula is C12H18N6OS. The summed E-state index contributed by atoms with van der Waals surface area (Å²) >= 11 is 1.13. The summed E-state index contributed by atoms with van der Waals surface area (Å²) in [5.41, 5.74) is 0.748. The van der Waals surface area contributed by atoms with Crippen molar-refractivity contribution in [2.24, 2.45) is 0 Å². The van der Waals surface area contributed by atoms with Gasteiger partial charge < -0.3 is 9.88 Å². The summed E-state index contributed by atoms with van der Waals surface area (Å²) < 4.78 is 5.81. The molecule has 1 N–H and O–H groups in total. The smallest absolute Gasteiger partial charge is 0.264 e. The molecule has 7 nitrogen and oxygen atoms in total. The number of aromatic nitrogens is 5. The fraction of sp³-hybridized carbons (Fsp3) is 0.583. The molecule has 0 saturated carbocycles. The first kappa shape index (κ1) is 14.6. The Kier molecular flexibility index (Phi) is 4.78. The first-order valence-corrected chi connectivity index (χ1v) is 7.38. The van der Waals surface area contributed by atoms with E-state index in [9.17, 15) is 4.79 Å². The van der Waals surface area contributed by atoms with E-state index in [1.54, 1.807) is 6.33 Å². The summed E-state index contributed by atoms with van der Waals surface area (Å²) in [6.45, 7) is 6.62. The number of hydrogen-bond acceptors (Lipinski definition) is 6. The molecule has 0 spiro atoms. The maximum absolute atomic E-state index is 12.0. The van der Waals surface area contributed by atoms with E-state index in [-0.39, 0.29) is 5.91 Å². The summed E-state index contributed by atoms with van der Waals surface area (Å²) in [5.74, 6) is 0.755. The Hall–Kier alpha value is -1.83. The fourth-order valence-electron chi connectivity index (χ4n) is 1.86. The van der Waals surface area contributed by atoms with Crippen molar-refractivity contribution in [3.63, 3.8) is 0 Å². The maximum atomic E-state index is 12.0. The van der Waals surface area contributed by atoms with Gasteiger partial charge in [0.1, 0.15) is 17.0 Å². The van der Waals surface area contributed by atoms with Crippen molar-refractivity contribution >= 4 is 17.4 Å². The van der Waals surface area contributed by atoms with Crippen LogP contribution in [0.15, 0.2) is 6.33 Å². The number of amides is 1. The molecule has 0 unspecified atom stereocenters. The Balaban J connectivity index is 1.90. The fourth-order valence-corrected chi connectivity index (χ4v) is 2.52. The van der Waals surface area contributed by atoms with Crippen LogP contribution in [0.2, 0.25) is 0 Å². The predicted octanol–water partition coefficient (Wildman–Crippen LogP) is 1.25. The van der Waals surface area contributed by atoms with Gasteiger partial charge in [0, 0.05) is 19.0 Å². The third-order valence-electron chi connectivity index (χ3n) is 2.93. The number of nitrogens with one attached hydrogen (secondary N) is 1. The quantitative estimate of drug-likeness (QED) is 0.866. The molecular weight excluding hydrogens is 276 g/mol. The molecule has 0 aliphatic rings. The number of carbonyl (C=O) groups is 1. The maximum Gasteiger partial charge on any atom is 0.264 e. The van der Waals surface area contributed by atoms with Crippen LogP contribution in [0.3, 0.4) is 0 Å². The van der Waals surface area contributed by atoms with Crippen LogP contribution in [0, 0.1) is 0 Å². The van der Waals surface area contributed by atoms with E-state index in [0.717, 1.165) is 23.1 Å². The van der Waals surface area contributed by atoms with Gasteiger partial charge in [-0.1, -0.05) is 11.4 Å². The minimum Gasteiger partial charge on any atom is -0.351 e.